The zero-order valence-electron chi connectivity index (χ0n) is 36.4. The van der Waals surface area contributed by atoms with Crippen molar-refractivity contribution in [2.24, 2.45) is 0 Å². The number of unbranched alkanes of at least 4 members (excludes halogenated alkanes) is 27. The number of ether oxygens (including phenoxy) is 1. The second kappa shape index (κ2) is 42.2. The van der Waals surface area contributed by atoms with E-state index >= 15 is 0 Å². The van der Waals surface area contributed by atoms with E-state index in [0.29, 0.717) is 19.3 Å². The molecule has 0 aromatic rings. The largest absolute Gasteiger partial charge is 0.480 e. The number of aliphatic carboxylic acids is 1. The molecule has 0 aliphatic carbocycles. The first-order valence-electron chi connectivity index (χ1n) is 23.6. The molecule has 0 bridgehead atoms. The lowest BCUT2D eigenvalue weighted by atomic mass is 10.0. The fraction of sp³-hybridized carbons (Fsp3) is 0.872. The quantitative estimate of drug-likeness (QED) is 0.0273. The molecule has 328 valence electrons. The maximum Gasteiger partial charge on any atom is 0.328 e. The summed E-state index contributed by atoms with van der Waals surface area (Å²) < 4.78 is 6.05. The van der Waals surface area contributed by atoms with Crippen molar-refractivity contribution in [3.05, 3.63) is 12.2 Å². The summed E-state index contributed by atoms with van der Waals surface area (Å²) in [5.74, 6) is -2.28. The molecule has 2 unspecified atom stereocenters. The number of carbonyl (C=O) groups excluding carboxylic acids is 3. The normalized spacial score (nSPS) is 12.5. The number of aliphatic hydroxyl groups excluding tert-OH is 1. The Morgan fingerprint density at radius 3 is 1.36 bits per heavy atom. The molecular weight excluding hydrogens is 705 g/mol. The first-order valence-corrected chi connectivity index (χ1v) is 23.6. The van der Waals surface area contributed by atoms with Crippen LogP contribution in [0.5, 0.6) is 0 Å². The Morgan fingerprint density at radius 2 is 0.911 bits per heavy atom. The molecule has 2 atom stereocenters. The highest BCUT2D eigenvalue weighted by Gasteiger charge is 2.19. The second-order valence-corrected chi connectivity index (χ2v) is 16.2. The van der Waals surface area contributed by atoms with Crippen LogP contribution in [0.1, 0.15) is 239 Å². The van der Waals surface area contributed by atoms with E-state index in [-0.39, 0.29) is 24.5 Å². The average Bonchev–Trinajstić information content (AvgIpc) is 3.18. The van der Waals surface area contributed by atoms with Gasteiger partial charge in [-0.1, -0.05) is 174 Å². The monoisotopic (exact) mass is 793 g/mol. The number of carbonyl (C=O) groups is 4. The molecule has 2 amide bonds. The summed E-state index contributed by atoms with van der Waals surface area (Å²) >= 11 is 0. The highest BCUT2D eigenvalue weighted by atomic mass is 16.5. The van der Waals surface area contributed by atoms with Gasteiger partial charge in [-0.05, 0) is 64.2 Å². The van der Waals surface area contributed by atoms with Crippen molar-refractivity contribution >= 4 is 23.8 Å². The number of aliphatic hydroxyl groups is 1. The molecule has 0 saturated heterocycles. The minimum Gasteiger partial charge on any atom is -0.480 e. The van der Waals surface area contributed by atoms with Crippen LogP contribution in [0.2, 0.25) is 0 Å². The number of esters is 1. The van der Waals surface area contributed by atoms with Crippen LogP contribution in [-0.2, 0) is 23.9 Å². The number of carboxylic acids is 1. The van der Waals surface area contributed by atoms with Crippen LogP contribution in [-0.4, -0.2) is 59.3 Å². The Kier molecular flexibility index (Phi) is 40.4. The van der Waals surface area contributed by atoms with E-state index in [1.807, 2.05) is 0 Å². The Labute approximate surface area is 343 Å². The van der Waals surface area contributed by atoms with Gasteiger partial charge in [0, 0.05) is 12.8 Å². The van der Waals surface area contributed by atoms with Gasteiger partial charge in [-0.3, -0.25) is 14.4 Å². The summed E-state index contributed by atoms with van der Waals surface area (Å²) in [5, 5.41) is 22.6. The van der Waals surface area contributed by atoms with Crippen LogP contribution in [0.15, 0.2) is 12.2 Å². The molecule has 0 aromatic carbocycles. The Morgan fingerprint density at radius 1 is 0.518 bits per heavy atom. The minimum absolute atomic E-state index is 0.0123. The molecule has 0 rings (SSSR count). The second-order valence-electron chi connectivity index (χ2n) is 16.2. The van der Waals surface area contributed by atoms with E-state index in [0.717, 1.165) is 64.2 Å². The van der Waals surface area contributed by atoms with Crippen molar-refractivity contribution < 1.29 is 34.1 Å². The molecule has 9 nitrogen and oxygen atoms in total. The summed E-state index contributed by atoms with van der Waals surface area (Å²) in [4.78, 5) is 47.7. The van der Waals surface area contributed by atoms with Gasteiger partial charge in [0.1, 0.15) is 12.1 Å². The first-order chi connectivity index (χ1) is 27.3. The molecule has 0 heterocycles. The molecular formula is C47H88N2O7. The molecule has 0 aliphatic heterocycles. The van der Waals surface area contributed by atoms with Crippen molar-refractivity contribution in [2.45, 2.75) is 251 Å². The summed E-state index contributed by atoms with van der Waals surface area (Å²) in [6.45, 7) is 3.49. The molecule has 0 radical (unpaired) electrons. The van der Waals surface area contributed by atoms with Crippen molar-refractivity contribution in [3.63, 3.8) is 0 Å². The van der Waals surface area contributed by atoms with E-state index in [4.69, 9.17) is 14.9 Å². The predicted molar refractivity (Wildman–Crippen MR) is 232 cm³/mol. The smallest absolute Gasteiger partial charge is 0.328 e. The molecule has 0 fully saturated rings. The molecule has 0 aromatic heterocycles. The topological polar surface area (TPSA) is 142 Å². The van der Waals surface area contributed by atoms with Crippen LogP contribution in [0.4, 0.5) is 0 Å². The van der Waals surface area contributed by atoms with E-state index in [2.05, 4.69) is 36.6 Å². The van der Waals surface area contributed by atoms with Gasteiger partial charge in [0.05, 0.1) is 13.2 Å². The number of allylic oxidation sites excluding steroid dienone is 2. The fourth-order valence-electron chi connectivity index (χ4n) is 7.12. The van der Waals surface area contributed by atoms with Crippen molar-refractivity contribution in [1.82, 2.24) is 10.6 Å². The number of nitrogens with one attached hydrogen (secondary N) is 2. The van der Waals surface area contributed by atoms with E-state index in [1.54, 1.807) is 0 Å². The molecule has 4 N–H and O–H groups in total. The van der Waals surface area contributed by atoms with Gasteiger partial charge in [-0.25, -0.2) is 4.79 Å². The Hall–Kier alpha value is -2.42. The highest BCUT2D eigenvalue weighted by Crippen LogP contribution is 2.19. The third-order valence-electron chi connectivity index (χ3n) is 10.8. The lowest BCUT2D eigenvalue weighted by Gasteiger charge is -2.18. The van der Waals surface area contributed by atoms with Crippen LogP contribution in [0.25, 0.3) is 0 Å². The van der Waals surface area contributed by atoms with Crippen molar-refractivity contribution in [1.29, 1.82) is 0 Å². The highest BCUT2D eigenvalue weighted by molar-refractivity contribution is 5.87. The van der Waals surface area contributed by atoms with Gasteiger partial charge in [-0.2, -0.15) is 0 Å². The van der Waals surface area contributed by atoms with Gasteiger partial charge in [-0.15, -0.1) is 0 Å². The average molecular weight is 793 g/mol. The molecule has 0 spiro atoms. The van der Waals surface area contributed by atoms with Crippen LogP contribution < -0.4 is 10.6 Å². The van der Waals surface area contributed by atoms with Crippen LogP contribution >= 0.6 is 0 Å². The number of amides is 2. The summed E-state index contributed by atoms with van der Waals surface area (Å²) in [6, 6.07) is -1.38. The Bertz CT molecular complexity index is 957. The van der Waals surface area contributed by atoms with E-state index in [1.165, 1.54) is 141 Å². The van der Waals surface area contributed by atoms with Crippen molar-refractivity contribution in [3.8, 4) is 0 Å². The van der Waals surface area contributed by atoms with Crippen LogP contribution in [0, 0.1) is 0 Å². The molecule has 56 heavy (non-hydrogen) atoms. The fourth-order valence-corrected chi connectivity index (χ4v) is 7.12. The lowest BCUT2D eigenvalue weighted by Crippen LogP contribution is -2.47. The maximum absolute atomic E-state index is 12.8. The third-order valence-corrected chi connectivity index (χ3v) is 10.8. The first kappa shape index (κ1) is 53.6. The lowest BCUT2D eigenvalue weighted by molar-refractivity contribution is -0.150. The van der Waals surface area contributed by atoms with Gasteiger partial charge >= 0.3 is 11.9 Å². The Balaban J connectivity index is 4.31. The van der Waals surface area contributed by atoms with Gasteiger partial charge < -0.3 is 25.6 Å². The van der Waals surface area contributed by atoms with E-state index in [9.17, 15) is 19.2 Å². The summed E-state index contributed by atoms with van der Waals surface area (Å²) in [7, 11) is 0. The third kappa shape index (κ3) is 38.5. The predicted octanol–water partition coefficient (Wildman–Crippen LogP) is 11.8. The zero-order valence-corrected chi connectivity index (χ0v) is 36.4. The number of hydrogen-bond acceptors (Lipinski definition) is 6. The maximum atomic E-state index is 12.8. The van der Waals surface area contributed by atoms with Gasteiger partial charge in [0.2, 0.25) is 11.8 Å². The molecule has 0 saturated carbocycles. The van der Waals surface area contributed by atoms with E-state index < -0.39 is 24.5 Å². The zero-order chi connectivity index (χ0) is 41.2. The standard InChI is InChI=1S/C47H88N2O7/c1-3-5-7-9-11-13-15-17-18-20-21-23-25-28-32-36-42(56-46(53)39-35-31-26-24-22-19-16-14-12-10-8-6-4-2)37-33-29-27-30-34-38-44(51)48-40-45(52)49-43(41-50)47(54)55/h14,16,42-43,50H,3-13,15,17-41H2,1-2H3,(H,48,51)(H,49,52)(H,54,55)/b16-14-. The number of hydrogen-bond donors (Lipinski definition) is 4. The van der Waals surface area contributed by atoms with Crippen LogP contribution in [0.3, 0.4) is 0 Å². The SMILES string of the molecule is CCCCCC/C=C\CCCCCCCC(=O)OC(CCCCCCCCCCCCCCCCC)CCCCCCCC(=O)NCC(=O)NC(CO)C(=O)O. The number of rotatable bonds is 43. The number of carboxylic acid groups (broad SMARTS) is 1. The van der Waals surface area contributed by atoms with Gasteiger partial charge in [0.25, 0.3) is 0 Å². The molecule has 9 heteroatoms. The van der Waals surface area contributed by atoms with Crippen molar-refractivity contribution in [2.75, 3.05) is 13.2 Å². The van der Waals surface area contributed by atoms with Gasteiger partial charge in [0.15, 0.2) is 0 Å². The minimum atomic E-state index is -1.38. The molecule has 0 aliphatic rings. The summed E-state index contributed by atoms with van der Waals surface area (Å²) in [5.41, 5.74) is 0. The summed E-state index contributed by atoms with van der Waals surface area (Å²) in [6.07, 6.45) is 45.2.